The van der Waals surface area contributed by atoms with Crippen LogP contribution in [-0.4, -0.2) is 18.0 Å². The fraction of sp³-hybridized carbons (Fsp3) is 0.700. The Labute approximate surface area is 131 Å². The molecule has 21 heavy (non-hydrogen) atoms. The van der Waals surface area contributed by atoms with E-state index in [0.29, 0.717) is 5.41 Å². The van der Waals surface area contributed by atoms with Gasteiger partial charge in [-0.05, 0) is 49.2 Å². The average Bonchev–Trinajstić information content (AvgIpc) is 2.45. The second-order valence-electron chi connectivity index (χ2n) is 8.01. The molecular weight excluding hydrogens is 254 g/mol. The minimum absolute atomic E-state index is 0.513. The van der Waals surface area contributed by atoms with Crippen molar-refractivity contribution >= 4 is 0 Å². The third-order valence-electron chi connectivity index (χ3n) is 4.75. The Balaban J connectivity index is 1.60. The van der Waals surface area contributed by atoms with Crippen molar-refractivity contribution < 1.29 is 0 Å². The largest absolute Gasteiger partial charge is 0.299 e. The molecular formula is C20H33N. The third kappa shape index (κ3) is 6.65. The van der Waals surface area contributed by atoms with Crippen molar-refractivity contribution in [3.63, 3.8) is 0 Å². The minimum atomic E-state index is 0.513. The van der Waals surface area contributed by atoms with Crippen LogP contribution in [0.2, 0.25) is 0 Å². The van der Waals surface area contributed by atoms with Gasteiger partial charge in [0.1, 0.15) is 0 Å². The lowest BCUT2D eigenvalue weighted by Crippen LogP contribution is -2.33. The molecule has 0 unspecified atom stereocenters. The fourth-order valence-corrected chi connectivity index (χ4v) is 3.36. The Kier molecular flexibility index (Phi) is 6.29. The summed E-state index contributed by atoms with van der Waals surface area (Å²) in [6, 6.07) is 10.9. The molecule has 2 rings (SSSR count). The van der Waals surface area contributed by atoms with E-state index < -0.39 is 0 Å². The normalized spacial score (nSPS) is 18.0. The van der Waals surface area contributed by atoms with E-state index in [9.17, 15) is 0 Å². The van der Waals surface area contributed by atoms with Crippen molar-refractivity contribution in [1.29, 1.82) is 0 Å². The van der Waals surface area contributed by atoms with E-state index in [4.69, 9.17) is 0 Å². The Morgan fingerprint density at radius 1 is 1.00 bits per heavy atom. The second kappa shape index (κ2) is 7.98. The van der Waals surface area contributed by atoms with Crippen LogP contribution in [0.1, 0.15) is 64.9 Å². The van der Waals surface area contributed by atoms with Crippen LogP contribution in [0.3, 0.4) is 0 Å². The first-order chi connectivity index (χ1) is 10.0. The van der Waals surface area contributed by atoms with Gasteiger partial charge in [0.25, 0.3) is 0 Å². The van der Waals surface area contributed by atoms with Gasteiger partial charge in [0, 0.05) is 6.54 Å². The topological polar surface area (TPSA) is 3.24 Å². The Hall–Kier alpha value is -0.820. The van der Waals surface area contributed by atoms with Gasteiger partial charge in [-0.1, -0.05) is 70.4 Å². The van der Waals surface area contributed by atoms with E-state index in [0.717, 1.165) is 12.5 Å². The molecule has 0 bridgehead atoms. The highest BCUT2D eigenvalue weighted by atomic mass is 15.1. The maximum absolute atomic E-state index is 2.63. The van der Waals surface area contributed by atoms with Gasteiger partial charge in [-0.2, -0.15) is 0 Å². The average molecular weight is 287 g/mol. The molecule has 1 heterocycles. The number of hydrogen-bond acceptors (Lipinski definition) is 1. The van der Waals surface area contributed by atoms with Crippen LogP contribution in [0.25, 0.3) is 0 Å². The number of nitrogens with zero attached hydrogens (tertiary/aromatic N) is 1. The first-order valence-electron chi connectivity index (χ1n) is 8.79. The summed E-state index contributed by atoms with van der Waals surface area (Å²) in [7, 11) is 0. The number of likely N-dealkylation sites (tertiary alicyclic amines) is 1. The zero-order chi connectivity index (χ0) is 15.1. The van der Waals surface area contributed by atoms with Crippen molar-refractivity contribution in [2.45, 2.75) is 65.8 Å². The van der Waals surface area contributed by atoms with Gasteiger partial charge in [0.15, 0.2) is 0 Å². The van der Waals surface area contributed by atoms with Crippen molar-refractivity contribution in [3.8, 4) is 0 Å². The van der Waals surface area contributed by atoms with E-state index in [1.165, 1.54) is 57.2 Å². The Morgan fingerprint density at radius 2 is 1.67 bits per heavy atom. The van der Waals surface area contributed by atoms with Gasteiger partial charge in [-0.25, -0.2) is 0 Å². The smallest absolute Gasteiger partial charge is 0.0233 e. The van der Waals surface area contributed by atoms with Gasteiger partial charge in [0.05, 0.1) is 0 Å². The van der Waals surface area contributed by atoms with Crippen LogP contribution in [0.5, 0.6) is 0 Å². The van der Waals surface area contributed by atoms with Crippen LogP contribution in [0, 0.1) is 11.3 Å². The zero-order valence-corrected chi connectivity index (χ0v) is 14.3. The number of benzene rings is 1. The molecule has 0 amide bonds. The summed E-state index contributed by atoms with van der Waals surface area (Å²) in [4.78, 5) is 2.63. The Bertz CT molecular complexity index is 382. The maximum atomic E-state index is 2.63. The molecule has 1 nitrogen and oxygen atoms in total. The molecule has 1 aliphatic heterocycles. The molecule has 1 aliphatic rings. The summed E-state index contributed by atoms with van der Waals surface area (Å²) in [5.41, 5.74) is 1.97. The standard InChI is InChI=1S/C20H33N/c1-20(2,3)14-8-7-9-18-12-15-21(16-13-18)17-19-10-5-4-6-11-19/h4-6,10-11,18H,7-9,12-17H2,1-3H3. The lowest BCUT2D eigenvalue weighted by Gasteiger charge is -2.32. The molecule has 1 aromatic carbocycles. The third-order valence-corrected chi connectivity index (χ3v) is 4.75. The van der Waals surface area contributed by atoms with Crippen LogP contribution in [0.4, 0.5) is 0 Å². The number of unbranched alkanes of at least 4 members (excludes halogenated alkanes) is 1. The molecule has 0 aliphatic carbocycles. The lowest BCUT2D eigenvalue weighted by molar-refractivity contribution is 0.169. The lowest BCUT2D eigenvalue weighted by atomic mass is 9.86. The summed E-state index contributed by atoms with van der Waals surface area (Å²) >= 11 is 0. The van der Waals surface area contributed by atoms with Crippen LogP contribution >= 0.6 is 0 Å². The summed E-state index contributed by atoms with van der Waals surface area (Å²) in [6.45, 7) is 10.8. The maximum Gasteiger partial charge on any atom is 0.0233 e. The molecule has 0 saturated carbocycles. The first-order valence-corrected chi connectivity index (χ1v) is 8.79. The summed E-state index contributed by atoms with van der Waals surface area (Å²) in [5, 5.41) is 0. The quantitative estimate of drug-likeness (QED) is 0.624. The van der Waals surface area contributed by atoms with Crippen LogP contribution in [0.15, 0.2) is 30.3 Å². The molecule has 1 heteroatoms. The van der Waals surface area contributed by atoms with Gasteiger partial charge in [0.2, 0.25) is 0 Å². The highest BCUT2D eigenvalue weighted by Gasteiger charge is 2.19. The van der Waals surface area contributed by atoms with Gasteiger partial charge >= 0.3 is 0 Å². The molecule has 0 radical (unpaired) electrons. The predicted octanol–water partition coefficient (Wildman–Crippen LogP) is 5.51. The first kappa shape index (κ1) is 16.5. The molecule has 0 N–H and O–H groups in total. The molecule has 118 valence electrons. The second-order valence-corrected chi connectivity index (χ2v) is 8.01. The molecule has 0 aromatic heterocycles. The van der Waals surface area contributed by atoms with Gasteiger partial charge < -0.3 is 0 Å². The zero-order valence-electron chi connectivity index (χ0n) is 14.3. The highest BCUT2D eigenvalue weighted by Crippen LogP contribution is 2.27. The number of hydrogen-bond donors (Lipinski definition) is 0. The summed E-state index contributed by atoms with van der Waals surface area (Å²) < 4.78 is 0. The minimum Gasteiger partial charge on any atom is -0.299 e. The van der Waals surface area contributed by atoms with E-state index >= 15 is 0 Å². The van der Waals surface area contributed by atoms with Gasteiger partial charge in [-0.15, -0.1) is 0 Å². The molecule has 1 saturated heterocycles. The Morgan fingerprint density at radius 3 is 2.29 bits per heavy atom. The van der Waals surface area contributed by atoms with E-state index in [2.05, 4.69) is 56.0 Å². The molecule has 1 fully saturated rings. The SMILES string of the molecule is CC(C)(C)CCCCC1CCN(Cc2ccccc2)CC1. The van der Waals surface area contributed by atoms with Crippen molar-refractivity contribution in [2.75, 3.05) is 13.1 Å². The van der Waals surface area contributed by atoms with Crippen molar-refractivity contribution in [1.82, 2.24) is 4.90 Å². The number of rotatable bonds is 6. The fourth-order valence-electron chi connectivity index (χ4n) is 3.36. The molecule has 0 spiro atoms. The monoisotopic (exact) mass is 287 g/mol. The molecule has 1 aromatic rings. The van der Waals surface area contributed by atoms with E-state index in [-0.39, 0.29) is 0 Å². The highest BCUT2D eigenvalue weighted by molar-refractivity contribution is 5.14. The van der Waals surface area contributed by atoms with E-state index in [1.54, 1.807) is 0 Å². The van der Waals surface area contributed by atoms with Crippen LogP contribution in [-0.2, 0) is 6.54 Å². The van der Waals surface area contributed by atoms with Gasteiger partial charge in [-0.3, -0.25) is 4.90 Å². The van der Waals surface area contributed by atoms with E-state index in [1.807, 2.05) is 0 Å². The van der Waals surface area contributed by atoms with Crippen LogP contribution < -0.4 is 0 Å². The van der Waals surface area contributed by atoms with Crippen molar-refractivity contribution in [2.24, 2.45) is 11.3 Å². The summed E-state index contributed by atoms with van der Waals surface area (Å²) in [6.07, 6.45) is 8.48. The van der Waals surface area contributed by atoms with Crippen molar-refractivity contribution in [3.05, 3.63) is 35.9 Å². The predicted molar refractivity (Wildman–Crippen MR) is 92.4 cm³/mol. The molecule has 0 atom stereocenters. The number of piperidine rings is 1. The summed E-state index contributed by atoms with van der Waals surface area (Å²) in [5.74, 6) is 0.983.